The Morgan fingerprint density at radius 3 is 2.85 bits per heavy atom. The summed E-state index contributed by atoms with van der Waals surface area (Å²) in [5.41, 5.74) is 0.954. The van der Waals surface area contributed by atoms with Crippen molar-refractivity contribution >= 4 is 16.9 Å². The standard InChI is InChI=1S/C21H30N4O/c1-3-5-8-17-26-20-18-10-6-7-11-19(18)22-21(23-20)25-14-9-13-24(12-4-2)15-16-25/h4,6-7,10-11H,2-3,5,8-9,12-17H2,1H3. The molecular formula is C21H30N4O. The Balaban J connectivity index is 1.80. The summed E-state index contributed by atoms with van der Waals surface area (Å²) >= 11 is 0. The van der Waals surface area contributed by atoms with E-state index in [4.69, 9.17) is 14.7 Å². The first-order valence-corrected chi connectivity index (χ1v) is 9.79. The minimum atomic E-state index is 0.710. The lowest BCUT2D eigenvalue weighted by molar-refractivity contribution is 0.298. The highest BCUT2D eigenvalue weighted by molar-refractivity contribution is 5.84. The van der Waals surface area contributed by atoms with E-state index in [1.807, 2.05) is 30.3 Å². The second-order valence-corrected chi connectivity index (χ2v) is 6.83. The number of unbranched alkanes of at least 4 members (excludes halogenated alkanes) is 2. The SMILES string of the molecule is C=CCN1CCCN(c2nc(OCCCCC)c3ccccc3n2)CC1. The second-order valence-electron chi connectivity index (χ2n) is 6.83. The largest absolute Gasteiger partial charge is 0.477 e. The number of anilines is 1. The molecule has 0 bridgehead atoms. The van der Waals surface area contributed by atoms with Gasteiger partial charge in [-0.3, -0.25) is 4.90 Å². The van der Waals surface area contributed by atoms with E-state index >= 15 is 0 Å². The number of fused-ring (bicyclic) bond motifs is 1. The summed E-state index contributed by atoms with van der Waals surface area (Å²) in [6, 6.07) is 8.13. The fourth-order valence-corrected chi connectivity index (χ4v) is 3.34. The van der Waals surface area contributed by atoms with Crippen molar-refractivity contribution < 1.29 is 4.74 Å². The average Bonchev–Trinajstić information content (AvgIpc) is 2.91. The molecule has 0 aliphatic carbocycles. The van der Waals surface area contributed by atoms with Crippen molar-refractivity contribution in [3.05, 3.63) is 36.9 Å². The fourth-order valence-electron chi connectivity index (χ4n) is 3.34. The van der Waals surface area contributed by atoms with Crippen LogP contribution in [0.3, 0.4) is 0 Å². The van der Waals surface area contributed by atoms with Gasteiger partial charge in [-0.1, -0.05) is 38.0 Å². The zero-order chi connectivity index (χ0) is 18.2. The van der Waals surface area contributed by atoms with Crippen LogP contribution in [-0.2, 0) is 0 Å². The quantitative estimate of drug-likeness (QED) is 0.531. The smallest absolute Gasteiger partial charge is 0.229 e. The fraction of sp³-hybridized carbons (Fsp3) is 0.524. The molecule has 2 heterocycles. The molecule has 3 rings (SSSR count). The van der Waals surface area contributed by atoms with Crippen LogP contribution in [0.25, 0.3) is 10.9 Å². The zero-order valence-electron chi connectivity index (χ0n) is 15.9. The van der Waals surface area contributed by atoms with Gasteiger partial charge < -0.3 is 9.64 Å². The van der Waals surface area contributed by atoms with Crippen LogP contribution >= 0.6 is 0 Å². The number of aromatic nitrogens is 2. The Labute approximate surface area is 156 Å². The summed E-state index contributed by atoms with van der Waals surface area (Å²) in [5, 5.41) is 0.996. The number of hydrogen-bond acceptors (Lipinski definition) is 5. The van der Waals surface area contributed by atoms with Crippen LogP contribution < -0.4 is 9.64 Å². The lowest BCUT2D eigenvalue weighted by Gasteiger charge is -2.22. The van der Waals surface area contributed by atoms with Crippen molar-refractivity contribution in [2.24, 2.45) is 0 Å². The molecular weight excluding hydrogens is 324 g/mol. The van der Waals surface area contributed by atoms with Gasteiger partial charge in [-0.05, 0) is 25.0 Å². The van der Waals surface area contributed by atoms with Gasteiger partial charge in [-0.25, -0.2) is 4.98 Å². The predicted molar refractivity (Wildman–Crippen MR) is 108 cm³/mol. The minimum Gasteiger partial charge on any atom is -0.477 e. The molecule has 1 aliphatic heterocycles. The van der Waals surface area contributed by atoms with Gasteiger partial charge in [0.15, 0.2) is 0 Å². The van der Waals surface area contributed by atoms with Crippen LogP contribution in [0.2, 0.25) is 0 Å². The molecule has 1 saturated heterocycles. The van der Waals surface area contributed by atoms with Crippen LogP contribution in [0.1, 0.15) is 32.6 Å². The van der Waals surface area contributed by atoms with Gasteiger partial charge in [-0.2, -0.15) is 4.98 Å². The molecule has 2 aromatic rings. The lowest BCUT2D eigenvalue weighted by Crippen LogP contribution is -2.31. The normalized spacial score (nSPS) is 15.8. The molecule has 5 heteroatoms. The molecule has 5 nitrogen and oxygen atoms in total. The number of hydrogen-bond donors (Lipinski definition) is 0. The first kappa shape index (κ1) is 18.6. The molecule has 0 atom stereocenters. The Morgan fingerprint density at radius 1 is 1.12 bits per heavy atom. The van der Waals surface area contributed by atoms with Crippen molar-refractivity contribution in [1.82, 2.24) is 14.9 Å². The van der Waals surface area contributed by atoms with Crippen molar-refractivity contribution in [3.8, 4) is 5.88 Å². The Hall–Kier alpha value is -2.14. The number of rotatable bonds is 8. The summed E-state index contributed by atoms with van der Waals surface area (Å²) in [7, 11) is 0. The molecule has 1 aromatic heterocycles. The summed E-state index contributed by atoms with van der Waals surface area (Å²) < 4.78 is 6.04. The van der Waals surface area contributed by atoms with Gasteiger partial charge in [0.1, 0.15) is 0 Å². The highest BCUT2D eigenvalue weighted by atomic mass is 16.5. The number of para-hydroxylation sites is 1. The minimum absolute atomic E-state index is 0.710. The maximum absolute atomic E-state index is 6.04. The van der Waals surface area contributed by atoms with Gasteiger partial charge in [0, 0.05) is 32.7 Å². The van der Waals surface area contributed by atoms with Gasteiger partial charge in [0.25, 0.3) is 0 Å². The molecule has 26 heavy (non-hydrogen) atoms. The summed E-state index contributed by atoms with van der Waals surface area (Å²) in [6.07, 6.45) is 6.51. The van der Waals surface area contributed by atoms with Crippen molar-refractivity contribution in [2.75, 3.05) is 44.2 Å². The molecule has 0 N–H and O–H groups in total. The van der Waals surface area contributed by atoms with Gasteiger partial charge in [0.05, 0.1) is 17.5 Å². The lowest BCUT2D eigenvalue weighted by atomic mass is 10.2. The highest BCUT2D eigenvalue weighted by Gasteiger charge is 2.18. The van der Waals surface area contributed by atoms with Gasteiger partial charge in [-0.15, -0.1) is 6.58 Å². The van der Waals surface area contributed by atoms with E-state index in [9.17, 15) is 0 Å². The summed E-state index contributed by atoms with van der Waals surface area (Å²) in [6.45, 7) is 11.7. The van der Waals surface area contributed by atoms with E-state index in [1.54, 1.807) is 0 Å². The summed E-state index contributed by atoms with van der Waals surface area (Å²) in [5.74, 6) is 1.50. The first-order chi connectivity index (χ1) is 12.8. The first-order valence-electron chi connectivity index (χ1n) is 9.79. The van der Waals surface area contributed by atoms with Crippen LogP contribution in [0, 0.1) is 0 Å². The average molecular weight is 354 g/mol. The molecule has 1 fully saturated rings. The van der Waals surface area contributed by atoms with Gasteiger partial charge >= 0.3 is 0 Å². The van der Waals surface area contributed by atoms with E-state index < -0.39 is 0 Å². The Bertz CT molecular complexity index is 718. The molecule has 1 aliphatic rings. The van der Waals surface area contributed by atoms with Crippen LogP contribution in [0.5, 0.6) is 5.88 Å². The third-order valence-corrected chi connectivity index (χ3v) is 4.80. The molecule has 0 amide bonds. The zero-order valence-corrected chi connectivity index (χ0v) is 15.9. The van der Waals surface area contributed by atoms with Crippen LogP contribution in [-0.4, -0.2) is 54.2 Å². The number of nitrogens with zero attached hydrogens (tertiary/aromatic N) is 4. The van der Waals surface area contributed by atoms with Crippen molar-refractivity contribution in [3.63, 3.8) is 0 Å². The predicted octanol–water partition coefficient (Wildman–Crippen LogP) is 3.90. The van der Waals surface area contributed by atoms with Crippen LogP contribution in [0.4, 0.5) is 5.95 Å². The molecule has 0 unspecified atom stereocenters. The maximum Gasteiger partial charge on any atom is 0.229 e. The second kappa shape index (κ2) is 9.53. The molecule has 0 spiro atoms. The van der Waals surface area contributed by atoms with Crippen molar-refractivity contribution in [1.29, 1.82) is 0 Å². The van der Waals surface area contributed by atoms with E-state index in [2.05, 4.69) is 23.3 Å². The van der Waals surface area contributed by atoms with E-state index in [0.29, 0.717) is 12.5 Å². The monoisotopic (exact) mass is 354 g/mol. The molecule has 1 aromatic carbocycles. The van der Waals surface area contributed by atoms with Crippen LogP contribution in [0.15, 0.2) is 36.9 Å². The van der Waals surface area contributed by atoms with E-state index in [0.717, 1.165) is 62.4 Å². The van der Waals surface area contributed by atoms with E-state index in [1.165, 1.54) is 12.8 Å². The molecule has 0 saturated carbocycles. The third-order valence-electron chi connectivity index (χ3n) is 4.80. The molecule has 140 valence electrons. The Morgan fingerprint density at radius 2 is 2.00 bits per heavy atom. The van der Waals surface area contributed by atoms with E-state index in [-0.39, 0.29) is 0 Å². The molecule has 0 radical (unpaired) electrons. The number of ether oxygens (including phenoxy) is 1. The highest BCUT2D eigenvalue weighted by Crippen LogP contribution is 2.26. The maximum atomic E-state index is 6.04. The van der Waals surface area contributed by atoms with Gasteiger partial charge in [0.2, 0.25) is 11.8 Å². The topological polar surface area (TPSA) is 41.5 Å². The summed E-state index contributed by atoms with van der Waals surface area (Å²) in [4.78, 5) is 14.3. The third kappa shape index (κ3) is 4.73. The van der Waals surface area contributed by atoms with Crippen molar-refractivity contribution in [2.45, 2.75) is 32.6 Å². The Kier molecular flexibility index (Phi) is 6.83. The number of benzene rings is 1.